The molecule has 0 fully saturated rings. The van der Waals surface area contributed by atoms with Crippen molar-refractivity contribution < 1.29 is 9.53 Å². The van der Waals surface area contributed by atoms with Crippen molar-refractivity contribution in [2.75, 3.05) is 6.54 Å². The fourth-order valence-electron chi connectivity index (χ4n) is 2.56. The van der Waals surface area contributed by atoms with Crippen LogP contribution < -0.4 is 10.1 Å². The Morgan fingerprint density at radius 2 is 2.07 bits per heavy atom. The van der Waals surface area contributed by atoms with Crippen molar-refractivity contribution in [2.24, 2.45) is 0 Å². The first kappa shape index (κ1) is 18.8. The first-order valence-corrected chi connectivity index (χ1v) is 9.04. The number of rotatable bonds is 8. The Bertz CT molecular complexity index is 912. The van der Waals surface area contributed by atoms with Gasteiger partial charge in [-0.2, -0.15) is 0 Å². The minimum Gasteiger partial charge on any atom is -0.486 e. The smallest absolute Gasteiger partial charge is 0.251 e. The van der Waals surface area contributed by atoms with E-state index in [1.165, 1.54) is 0 Å². The number of carbonyl (C=O) groups excluding carboxylic acids is 1. The molecule has 0 radical (unpaired) electrons. The van der Waals surface area contributed by atoms with Crippen LogP contribution >= 0.6 is 11.6 Å². The number of benzene rings is 2. The number of aryl methyl sites for hydroxylation is 1. The molecule has 1 aromatic heterocycles. The molecule has 1 heterocycles. The second-order valence-corrected chi connectivity index (χ2v) is 6.30. The quantitative estimate of drug-likeness (QED) is 0.644. The van der Waals surface area contributed by atoms with E-state index in [0.29, 0.717) is 41.7 Å². The van der Waals surface area contributed by atoms with Crippen LogP contribution in [0.1, 0.15) is 28.7 Å². The fourth-order valence-corrected chi connectivity index (χ4v) is 2.78. The predicted octanol–water partition coefficient (Wildman–Crippen LogP) is 2.90. The molecule has 0 aliphatic heterocycles. The van der Waals surface area contributed by atoms with E-state index in [-0.39, 0.29) is 12.5 Å². The van der Waals surface area contributed by atoms with Gasteiger partial charge in [0.15, 0.2) is 5.82 Å². The van der Waals surface area contributed by atoms with Crippen LogP contribution in [-0.4, -0.2) is 32.7 Å². The van der Waals surface area contributed by atoms with Crippen LogP contribution in [0.25, 0.3) is 0 Å². The van der Waals surface area contributed by atoms with Gasteiger partial charge in [0.2, 0.25) is 0 Å². The Morgan fingerprint density at radius 3 is 2.89 bits per heavy atom. The molecule has 0 bridgehead atoms. The fraction of sp³-hybridized carbons (Fsp3) is 0.263. The molecule has 0 spiro atoms. The maximum Gasteiger partial charge on any atom is 0.251 e. The molecule has 0 unspecified atom stereocenters. The van der Waals surface area contributed by atoms with Gasteiger partial charge in [0, 0.05) is 23.7 Å². The highest BCUT2D eigenvalue weighted by Gasteiger charge is 2.09. The lowest BCUT2D eigenvalue weighted by Gasteiger charge is -2.09. The molecule has 0 atom stereocenters. The van der Waals surface area contributed by atoms with E-state index in [1.54, 1.807) is 28.9 Å². The third-order valence-corrected chi connectivity index (χ3v) is 4.19. The van der Waals surface area contributed by atoms with E-state index >= 15 is 0 Å². The molecule has 7 nitrogen and oxygen atoms in total. The number of amides is 1. The van der Waals surface area contributed by atoms with E-state index in [1.807, 2.05) is 31.2 Å². The molecule has 140 valence electrons. The van der Waals surface area contributed by atoms with Crippen molar-refractivity contribution in [1.82, 2.24) is 25.5 Å². The largest absolute Gasteiger partial charge is 0.486 e. The predicted molar refractivity (Wildman–Crippen MR) is 102 cm³/mol. The monoisotopic (exact) mass is 385 g/mol. The van der Waals surface area contributed by atoms with E-state index in [2.05, 4.69) is 20.8 Å². The summed E-state index contributed by atoms with van der Waals surface area (Å²) in [5.41, 5.74) is 1.61. The lowest BCUT2D eigenvalue weighted by Crippen LogP contribution is -2.25. The molecule has 27 heavy (non-hydrogen) atoms. The van der Waals surface area contributed by atoms with Crippen molar-refractivity contribution in [3.05, 3.63) is 70.5 Å². The molecule has 3 aromatic rings. The third-order valence-electron chi connectivity index (χ3n) is 3.96. The summed E-state index contributed by atoms with van der Waals surface area (Å²) in [6.07, 6.45) is 0.710. The molecule has 1 N–H and O–H groups in total. The van der Waals surface area contributed by atoms with Crippen molar-refractivity contribution >= 4 is 17.5 Å². The van der Waals surface area contributed by atoms with E-state index in [0.717, 1.165) is 5.56 Å². The standard InChI is InChI=1S/C19H20ClN5O2/c1-2-25-18(22-23-24-25)13-27-17-8-4-6-15(12-17)19(26)21-10-9-14-5-3-7-16(20)11-14/h3-8,11-12H,2,9-10,13H2,1H3,(H,21,26). The Labute approximate surface area is 162 Å². The summed E-state index contributed by atoms with van der Waals surface area (Å²) >= 11 is 5.97. The van der Waals surface area contributed by atoms with Gasteiger partial charge in [0.1, 0.15) is 12.4 Å². The number of nitrogens with zero attached hydrogens (tertiary/aromatic N) is 4. The molecule has 0 saturated carbocycles. The summed E-state index contributed by atoms with van der Waals surface area (Å²) in [5.74, 6) is 1.07. The summed E-state index contributed by atoms with van der Waals surface area (Å²) in [4.78, 5) is 12.4. The first-order chi connectivity index (χ1) is 13.2. The first-order valence-electron chi connectivity index (χ1n) is 8.66. The van der Waals surface area contributed by atoms with Crippen molar-refractivity contribution in [3.63, 3.8) is 0 Å². The number of tetrazole rings is 1. The molecule has 0 aliphatic carbocycles. The number of ether oxygens (including phenoxy) is 1. The Kier molecular flexibility index (Phi) is 6.38. The van der Waals surface area contributed by atoms with Crippen LogP contribution in [0.15, 0.2) is 48.5 Å². The van der Waals surface area contributed by atoms with Gasteiger partial charge in [-0.3, -0.25) is 4.79 Å². The highest BCUT2D eigenvalue weighted by molar-refractivity contribution is 6.30. The van der Waals surface area contributed by atoms with Gasteiger partial charge >= 0.3 is 0 Å². The molecule has 0 saturated heterocycles. The van der Waals surface area contributed by atoms with E-state index in [4.69, 9.17) is 16.3 Å². The Morgan fingerprint density at radius 1 is 1.22 bits per heavy atom. The molecule has 2 aromatic carbocycles. The third kappa shape index (κ3) is 5.27. The minimum atomic E-state index is -0.152. The normalized spacial score (nSPS) is 10.6. The number of nitrogens with one attached hydrogen (secondary N) is 1. The van der Waals surface area contributed by atoms with Gasteiger partial charge in [0.05, 0.1) is 0 Å². The SMILES string of the molecule is CCn1nnnc1COc1cccc(C(=O)NCCc2cccc(Cl)c2)c1. The topological polar surface area (TPSA) is 81.9 Å². The van der Waals surface area contributed by atoms with Crippen LogP contribution in [0.5, 0.6) is 5.75 Å². The van der Waals surface area contributed by atoms with Gasteiger partial charge < -0.3 is 10.1 Å². The molecular weight excluding hydrogens is 366 g/mol. The lowest BCUT2D eigenvalue weighted by atomic mass is 10.1. The van der Waals surface area contributed by atoms with Crippen molar-refractivity contribution in [1.29, 1.82) is 0 Å². The van der Waals surface area contributed by atoms with Crippen LogP contribution in [0, 0.1) is 0 Å². The average molecular weight is 386 g/mol. The maximum absolute atomic E-state index is 12.4. The average Bonchev–Trinajstić information content (AvgIpc) is 3.14. The van der Waals surface area contributed by atoms with Crippen molar-refractivity contribution in [2.45, 2.75) is 26.5 Å². The Hall–Kier alpha value is -2.93. The van der Waals surface area contributed by atoms with E-state index in [9.17, 15) is 4.79 Å². The zero-order valence-corrected chi connectivity index (χ0v) is 15.7. The van der Waals surface area contributed by atoms with E-state index < -0.39 is 0 Å². The highest BCUT2D eigenvalue weighted by Crippen LogP contribution is 2.15. The molecule has 1 amide bonds. The van der Waals surface area contributed by atoms with Gasteiger partial charge in [-0.15, -0.1) is 5.10 Å². The zero-order valence-electron chi connectivity index (χ0n) is 14.9. The van der Waals surface area contributed by atoms with Crippen molar-refractivity contribution in [3.8, 4) is 5.75 Å². The summed E-state index contributed by atoms with van der Waals surface area (Å²) in [6.45, 7) is 3.38. The number of aromatic nitrogens is 4. The number of hydrogen-bond acceptors (Lipinski definition) is 5. The lowest BCUT2D eigenvalue weighted by molar-refractivity contribution is 0.0953. The van der Waals surface area contributed by atoms with Gasteiger partial charge in [-0.1, -0.05) is 29.8 Å². The summed E-state index contributed by atoms with van der Waals surface area (Å²) in [5, 5.41) is 15.0. The van der Waals surface area contributed by atoms with Gasteiger partial charge in [0.25, 0.3) is 5.91 Å². The van der Waals surface area contributed by atoms with Crippen LogP contribution in [0.4, 0.5) is 0 Å². The second kappa shape index (κ2) is 9.14. The molecule has 3 rings (SSSR count). The number of carbonyl (C=O) groups is 1. The number of hydrogen-bond donors (Lipinski definition) is 1. The Balaban J connectivity index is 1.53. The maximum atomic E-state index is 12.4. The second-order valence-electron chi connectivity index (χ2n) is 5.86. The summed E-state index contributed by atoms with van der Waals surface area (Å²) in [7, 11) is 0. The van der Waals surface area contributed by atoms with Crippen LogP contribution in [0.3, 0.4) is 0 Å². The molecule has 8 heteroatoms. The molecule has 0 aliphatic rings. The molecular formula is C19H20ClN5O2. The number of halogens is 1. The summed E-state index contributed by atoms with van der Waals surface area (Å²) < 4.78 is 7.37. The van der Waals surface area contributed by atoms with Gasteiger partial charge in [-0.25, -0.2) is 4.68 Å². The van der Waals surface area contributed by atoms with Crippen LogP contribution in [-0.2, 0) is 19.6 Å². The minimum absolute atomic E-state index is 0.152. The van der Waals surface area contributed by atoms with Crippen LogP contribution in [0.2, 0.25) is 5.02 Å². The zero-order chi connectivity index (χ0) is 19.1. The highest BCUT2D eigenvalue weighted by atomic mass is 35.5. The summed E-state index contributed by atoms with van der Waals surface area (Å²) in [6, 6.07) is 14.6. The van der Waals surface area contributed by atoms with Gasteiger partial charge in [-0.05, 0) is 59.7 Å².